The van der Waals surface area contributed by atoms with Crippen molar-refractivity contribution in [1.29, 1.82) is 0 Å². The average molecular weight is 394 g/mol. The molecule has 0 heterocycles. The number of anilines is 1. The maximum atomic E-state index is 12.7. The fraction of sp³-hybridized carbons (Fsp3) is 0.174. The summed E-state index contributed by atoms with van der Waals surface area (Å²) >= 11 is 1.64. The van der Waals surface area contributed by atoms with Crippen LogP contribution in [0.4, 0.5) is 5.69 Å². The summed E-state index contributed by atoms with van der Waals surface area (Å²) in [5.74, 6) is 0.541. The Balaban J connectivity index is 1.69. The fourth-order valence-corrected chi connectivity index (χ4v) is 3.25. The molecule has 0 spiro atoms. The van der Waals surface area contributed by atoms with Gasteiger partial charge in [0.15, 0.2) is 0 Å². The van der Waals surface area contributed by atoms with Crippen LogP contribution in [0.2, 0.25) is 0 Å². The summed E-state index contributed by atoms with van der Waals surface area (Å²) in [6.45, 7) is 0.864. The molecule has 3 aromatic rings. The normalized spacial score (nSPS) is 10.5. The first-order chi connectivity index (χ1) is 13.7. The molecule has 0 atom stereocenters. The predicted molar refractivity (Wildman–Crippen MR) is 114 cm³/mol. The summed E-state index contributed by atoms with van der Waals surface area (Å²) in [5, 5.41) is 2.95. The standard InChI is InChI=1S/C23H23NO3S/c1-26-22-12-11-18(23(25)24-20-9-6-10-21(14-20)28-2)13-19(22)16-27-15-17-7-4-3-5-8-17/h3-14H,15-16H2,1-2H3,(H,24,25). The van der Waals surface area contributed by atoms with E-state index in [0.717, 1.165) is 21.7 Å². The maximum absolute atomic E-state index is 12.7. The molecule has 28 heavy (non-hydrogen) atoms. The molecule has 0 saturated carbocycles. The van der Waals surface area contributed by atoms with Crippen molar-refractivity contribution in [1.82, 2.24) is 0 Å². The van der Waals surface area contributed by atoms with E-state index in [9.17, 15) is 4.79 Å². The van der Waals surface area contributed by atoms with E-state index in [1.165, 1.54) is 0 Å². The minimum Gasteiger partial charge on any atom is -0.496 e. The minimum atomic E-state index is -0.162. The summed E-state index contributed by atoms with van der Waals surface area (Å²) < 4.78 is 11.2. The highest BCUT2D eigenvalue weighted by atomic mass is 32.2. The number of carbonyl (C=O) groups excluding carboxylic acids is 1. The Labute approximate surface area is 169 Å². The lowest BCUT2D eigenvalue weighted by Crippen LogP contribution is -2.12. The van der Waals surface area contributed by atoms with E-state index in [4.69, 9.17) is 9.47 Å². The smallest absolute Gasteiger partial charge is 0.255 e. The highest BCUT2D eigenvalue weighted by molar-refractivity contribution is 7.98. The van der Waals surface area contributed by atoms with Crippen molar-refractivity contribution < 1.29 is 14.3 Å². The number of methoxy groups -OCH3 is 1. The first-order valence-corrected chi connectivity index (χ1v) is 10.2. The number of hydrogen-bond donors (Lipinski definition) is 1. The molecule has 0 aliphatic heterocycles. The number of hydrogen-bond acceptors (Lipinski definition) is 4. The largest absolute Gasteiger partial charge is 0.496 e. The second kappa shape index (κ2) is 9.97. The number of amides is 1. The van der Waals surface area contributed by atoms with Crippen LogP contribution in [0.25, 0.3) is 0 Å². The highest BCUT2D eigenvalue weighted by Gasteiger charge is 2.11. The van der Waals surface area contributed by atoms with Gasteiger partial charge in [0.2, 0.25) is 0 Å². The van der Waals surface area contributed by atoms with Gasteiger partial charge in [-0.3, -0.25) is 4.79 Å². The molecule has 1 amide bonds. The number of carbonyl (C=O) groups is 1. The summed E-state index contributed by atoms with van der Waals surface area (Å²) in [6, 6.07) is 23.1. The molecule has 3 rings (SSSR count). The first kappa shape index (κ1) is 20.0. The summed E-state index contributed by atoms with van der Waals surface area (Å²) in [7, 11) is 1.61. The second-order valence-corrected chi connectivity index (χ2v) is 7.07. The van der Waals surface area contributed by atoms with E-state index in [-0.39, 0.29) is 5.91 Å². The van der Waals surface area contributed by atoms with Gasteiger partial charge in [-0.2, -0.15) is 0 Å². The van der Waals surface area contributed by atoms with Gasteiger partial charge in [0.05, 0.1) is 20.3 Å². The predicted octanol–water partition coefficient (Wildman–Crippen LogP) is 5.39. The molecule has 3 aromatic carbocycles. The number of thioether (sulfide) groups is 1. The zero-order chi connectivity index (χ0) is 19.8. The van der Waals surface area contributed by atoms with Crippen LogP contribution in [-0.4, -0.2) is 19.3 Å². The van der Waals surface area contributed by atoms with Crippen molar-refractivity contribution in [3.05, 3.63) is 89.5 Å². The molecule has 1 N–H and O–H groups in total. The van der Waals surface area contributed by atoms with Crippen LogP contribution in [0.1, 0.15) is 21.5 Å². The maximum Gasteiger partial charge on any atom is 0.255 e. The SMILES string of the molecule is COc1ccc(C(=O)Nc2cccc(SC)c2)cc1COCc1ccccc1. The quantitative estimate of drug-likeness (QED) is 0.522. The van der Waals surface area contributed by atoms with Gasteiger partial charge in [0.25, 0.3) is 5.91 Å². The monoisotopic (exact) mass is 393 g/mol. The zero-order valence-electron chi connectivity index (χ0n) is 16.0. The Hall–Kier alpha value is -2.76. The zero-order valence-corrected chi connectivity index (χ0v) is 16.8. The summed E-state index contributed by atoms with van der Waals surface area (Å²) in [4.78, 5) is 13.8. The Morgan fingerprint density at radius 2 is 1.79 bits per heavy atom. The van der Waals surface area contributed by atoms with Gasteiger partial charge in [-0.25, -0.2) is 0 Å². The van der Waals surface area contributed by atoms with Crippen LogP contribution in [0.3, 0.4) is 0 Å². The van der Waals surface area contributed by atoms with Gasteiger partial charge >= 0.3 is 0 Å². The topological polar surface area (TPSA) is 47.6 Å². The van der Waals surface area contributed by atoms with Gasteiger partial charge in [-0.1, -0.05) is 36.4 Å². The van der Waals surface area contributed by atoms with E-state index < -0.39 is 0 Å². The van der Waals surface area contributed by atoms with Crippen LogP contribution >= 0.6 is 11.8 Å². The van der Waals surface area contributed by atoms with E-state index in [2.05, 4.69) is 5.32 Å². The van der Waals surface area contributed by atoms with Crippen molar-refractivity contribution in [2.24, 2.45) is 0 Å². The average Bonchev–Trinajstić information content (AvgIpc) is 2.74. The molecule has 0 bridgehead atoms. The van der Waals surface area contributed by atoms with E-state index >= 15 is 0 Å². The highest BCUT2D eigenvalue weighted by Crippen LogP contribution is 2.23. The lowest BCUT2D eigenvalue weighted by Gasteiger charge is -2.12. The van der Waals surface area contributed by atoms with Crippen molar-refractivity contribution in [2.75, 3.05) is 18.7 Å². The van der Waals surface area contributed by atoms with Gasteiger partial charge in [0, 0.05) is 21.7 Å². The van der Waals surface area contributed by atoms with Gasteiger partial charge in [0.1, 0.15) is 5.75 Å². The van der Waals surface area contributed by atoms with Crippen molar-refractivity contribution in [3.63, 3.8) is 0 Å². The molecule has 0 unspecified atom stereocenters. The van der Waals surface area contributed by atoms with Crippen molar-refractivity contribution in [3.8, 4) is 5.75 Å². The molecule has 0 aromatic heterocycles. The van der Waals surface area contributed by atoms with Crippen LogP contribution in [0, 0.1) is 0 Å². The Kier molecular flexibility index (Phi) is 7.12. The summed E-state index contributed by atoms with van der Waals surface area (Å²) in [5.41, 5.74) is 3.27. The molecule has 4 nitrogen and oxygen atoms in total. The third-order valence-corrected chi connectivity index (χ3v) is 4.96. The van der Waals surface area contributed by atoms with Crippen molar-refractivity contribution >= 4 is 23.4 Å². The number of ether oxygens (including phenoxy) is 2. The van der Waals surface area contributed by atoms with Gasteiger partial charge < -0.3 is 14.8 Å². The second-order valence-electron chi connectivity index (χ2n) is 6.19. The number of nitrogens with one attached hydrogen (secondary N) is 1. The summed E-state index contributed by atoms with van der Waals surface area (Å²) in [6.07, 6.45) is 2.01. The Morgan fingerprint density at radius 1 is 0.964 bits per heavy atom. The third kappa shape index (κ3) is 5.38. The fourth-order valence-electron chi connectivity index (χ4n) is 2.79. The molecular formula is C23H23NO3S. The molecule has 144 valence electrons. The van der Waals surface area contributed by atoms with Crippen LogP contribution in [-0.2, 0) is 18.0 Å². The van der Waals surface area contributed by atoms with Crippen LogP contribution < -0.4 is 10.1 Å². The first-order valence-electron chi connectivity index (χ1n) is 8.93. The van der Waals surface area contributed by atoms with E-state index in [1.807, 2.05) is 66.9 Å². The minimum absolute atomic E-state index is 0.162. The van der Waals surface area contributed by atoms with E-state index in [0.29, 0.717) is 24.5 Å². The van der Waals surface area contributed by atoms with Gasteiger partial charge in [-0.05, 0) is 48.2 Å². The number of benzene rings is 3. The number of rotatable bonds is 8. The molecule has 0 aliphatic carbocycles. The lowest BCUT2D eigenvalue weighted by atomic mass is 10.1. The molecule has 0 saturated heterocycles. The van der Waals surface area contributed by atoms with Crippen molar-refractivity contribution in [2.45, 2.75) is 18.1 Å². The molecule has 0 radical (unpaired) electrons. The van der Waals surface area contributed by atoms with E-state index in [1.54, 1.807) is 31.0 Å². The Bertz CT molecular complexity index is 928. The lowest BCUT2D eigenvalue weighted by molar-refractivity contribution is 0.102. The van der Waals surface area contributed by atoms with Crippen LogP contribution in [0.15, 0.2) is 77.7 Å². The van der Waals surface area contributed by atoms with Crippen LogP contribution in [0.5, 0.6) is 5.75 Å². The molecule has 5 heteroatoms. The molecular weight excluding hydrogens is 370 g/mol. The molecule has 0 fully saturated rings. The Morgan fingerprint density at radius 3 is 2.54 bits per heavy atom. The van der Waals surface area contributed by atoms with Gasteiger partial charge in [-0.15, -0.1) is 11.8 Å². The third-order valence-electron chi connectivity index (χ3n) is 4.24. The molecule has 0 aliphatic rings.